The summed E-state index contributed by atoms with van der Waals surface area (Å²) in [7, 11) is 0. The molecule has 0 radical (unpaired) electrons. The second-order valence-corrected chi connectivity index (χ2v) is 13.5. The van der Waals surface area contributed by atoms with Gasteiger partial charge in [-0.3, -0.25) is 28.8 Å². The van der Waals surface area contributed by atoms with E-state index in [4.69, 9.17) is 35.3 Å². The van der Waals surface area contributed by atoms with Crippen LogP contribution in [0.4, 0.5) is 0 Å². The first-order valence-electron chi connectivity index (χ1n) is 20.0. The minimum absolute atomic E-state index is 0.0293. The maximum absolute atomic E-state index is 12.3. The van der Waals surface area contributed by atoms with Crippen molar-refractivity contribution in [1.82, 2.24) is 31.9 Å². The van der Waals surface area contributed by atoms with Gasteiger partial charge in [0.1, 0.15) is 0 Å². The molecule has 0 aliphatic carbocycles. The summed E-state index contributed by atoms with van der Waals surface area (Å²) in [5, 5.41) is 43.0. The number of nitrogens with two attached hydrogens (primary N) is 1. The number of unbranched alkanes of at least 4 members (excludes halogenated alkanes) is 3. The quantitative estimate of drug-likeness (QED) is 0.0309. The zero-order valence-corrected chi connectivity index (χ0v) is 33.3. The molecule has 0 atom stereocenters. The lowest BCUT2D eigenvalue weighted by atomic mass is 10.1. The summed E-state index contributed by atoms with van der Waals surface area (Å²) in [5.41, 5.74) is 5.41. The first-order valence-corrected chi connectivity index (χ1v) is 20.0. The molecule has 0 rings (SSSR count). The fraction of sp³-hybridized carbons (Fsp3) is 0.838. The molecule has 0 unspecified atom stereocenters. The number of carbonyl (C=O) groups is 6. The van der Waals surface area contributed by atoms with E-state index < -0.39 is 5.54 Å². The van der Waals surface area contributed by atoms with Crippen LogP contribution >= 0.6 is 0 Å². The maximum Gasteiger partial charge on any atom is 0.222 e. The summed E-state index contributed by atoms with van der Waals surface area (Å²) in [5.74, 6) is -0.966. The third-order valence-electron chi connectivity index (χ3n) is 8.02. The number of carbonyl (C=O) groups excluding carboxylic acids is 6. The van der Waals surface area contributed by atoms with E-state index in [1.54, 1.807) is 0 Å². The first-order chi connectivity index (χ1) is 27.0. The third-order valence-corrected chi connectivity index (χ3v) is 8.02. The van der Waals surface area contributed by atoms with Gasteiger partial charge in [0.05, 0.1) is 45.2 Å². The smallest absolute Gasteiger partial charge is 0.222 e. The van der Waals surface area contributed by atoms with Gasteiger partial charge in [0.25, 0.3) is 0 Å². The van der Waals surface area contributed by atoms with Crippen LogP contribution in [0.25, 0.3) is 0 Å². The predicted molar refractivity (Wildman–Crippen MR) is 208 cm³/mol. The van der Waals surface area contributed by atoms with Crippen molar-refractivity contribution in [1.29, 1.82) is 0 Å². The van der Waals surface area contributed by atoms with E-state index in [0.717, 1.165) is 0 Å². The van der Waals surface area contributed by atoms with Gasteiger partial charge in [-0.2, -0.15) is 0 Å². The van der Waals surface area contributed by atoms with Crippen molar-refractivity contribution < 1.29 is 58.3 Å². The first kappa shape index (κ1) is 52.5. The Morgan fingerprint density at radius 2 is 0.607 bits per heavy atom. The lowest BCUT2D eigenvalue weighted by molar-refractivity contribution is -0.123. The maximum atomic E-state index is 12.3. The number of aliphatic hydroxyl groups is 3. The van der Waals surface area contributed by atoms with Crippen molar-refractivity contribution in [3.8, 4) is 0 Å². The molecule has 326 valence electrons. The highest BCUT2D eigenvalue weighted by atomic mass is 16.5. The Kier molecular flexibility index (Phi) is 34.8. The highest BCUT2D eigenvalue weighted by Crippen LogP contribution is 2.06. The van der Waals surface area contributed by atoms with Gasteiger partial charge >= 0.3 is 0 Å². The van der Waals surface area contributed by atoms with E-state index in [1.165, 1.54) is 0 Å². The van der Waals surface area contributed by atoms with Gasteiger partial charge in [-0.1, -0.05) is 0 Å². The van der Waals surface area contributed by atoms with Crippen molar-refractivity contribution in [3.63, 3.8) is 0 Å². The highest BCUT2D eigenvalue weighted by Gasteiger charge is 2.27. The average Bonchev–Trinajstić information content (AvgIpc) is 3.17. The van der Waals surface area contributed by atoms with E-state index in [1.807, 2.05) is 0 Å². The van der Waals surface area contributed by atoms with Crippen LogP contribution < -0.4 is 37.6 Å². The van der Waals surface area contributed by atoms with Crippen LogP contribution in [0.2, 0.25) is 0 Å². The van der Waals surface area contributed by atoms with Gasteiger partial charge in [-0.25, -0.2) is 0 Å². The average molecular weight is 806 g/mol. The Morgan fingerprint density at radius 3 is 0.839 bits per heavy atom. The van der Waals surface area contributed by atoms with E-state index >= 15 is 0 Å². The molecule has 0 spiro atoms. The van der Waals surface area contributed by atoms with Crippen LogP contribution in [-0.2, 0) is 43.0 Å². The second-order valence-electron chi connectivity index (χ2n) is 13.5. The molecule has 0 aromatic heterocycles. The SMILES string of the molecule is NC(COCCC(=O)NCCCNC(=O)CCCCO)(COCCC(=O)NCCCNC(=O)CCCCO)COCCC(=O)NCCCNC(=O)CCCCO. The standard InChI is InChI=1S/C37H71N7O12/c38-37(28-54-25-13-34(51)42-19-7-16-39-31(48)10-1-4-22-45,29-55-26-14-35(52)43-20-8-17-40-32(49)11-2-5-23-46)30-56-27-15-36(53)44-21-9-18-41-33(50)12-3-6-24-47/h45-47H,1-30,38H2,(H,39,48)(H,40,49)(H,41,50)(H,42,51)(H,43,52)(H,44,53). The monoisotopic (exact) mass is 806 g/mol. The normalized spacial score (nSPS) is 11.1. The molecule has 6 amide bonds. The van der Waals surface area contributed by atoms with Gasteiger partial charge < -0.3 is 67.2 Å². The molecule has 0 saturated carbocycles. The molecule has 0 fully saturated rings. The summed E-state index contributed by atoms with van der Waals surface area (Å²) in [6.45, 7) is 2.70. The van der Waals surface area contributed by atoms with Gasteiger partial charge in [0, 0.05) is 97.6 Å². The largest absolute Gasteiger partial charge is 0.396 e. The number of nitrogens with one attached hydrogen (secondary N) is 6. The Morgan fingerprint density at radius 1 is 0.375 bits per heavy atom. The number of amides is 6. The summed E-state index contributed by atoms with van der Waals surface area (Å²) in [4.78, 5) is 71.9. The molecule has 0 aromatic carbocycles. The molecule has 11 N–H and O–H groups in total. The lowest BCUT2D eigenvalue weighted by Gasteiger charge is -2.29. The number of hydrogen-bond acceptors (Lipinski definition) is 13. The molecule has 0 aliphatic heterocycles. The fourth-order valence-corrected chi connectivity index (χ4v) is 4.80. The number of ether oxygens (including phenoxy) is 3. The molecule has 19 nitrogen and oxygen atoms in total. The van der Waals surface area contributed by atoms with E-state index in [-0.39, 0.29) is 114 Å². The molecule has 0 aromatic rings. The molecular formula is C37H71N7O12. The van der Waals surface area contributed by atoms with E-state index in [2.05, 4.69) is 31.9 Å². The van der Waals surface area contributed by atoms with Crippen molar-refractivity contribution in [3.05, 3.63) is 0 Å². The van der Waals surface area contributed by atoms with Gasteiger partial charge in [0.15, 0.2) is 0 Å². The molecule has 0 saturated heterocycles. The molecular weight excluding hydrogens is 734 g/mol. The predicted octanol–water partition coefficient (Wildman–Crippen LogP) is -1.74. The van der Waals surface area contributed by atoms with Crippen LogP contribution in [-0.4, -0.2) is 155 Å². The minimum Gasteiger partial charge on any atom is -0.396 e. The number of rotatable bonds is 39. The van der Waals surface area contributed by atoms with Crippen molar-refractivity contribution in [2.75, 3.05) is 98.7 Å². The molecule has 56 heavy (non-hydrogen) atoms. The third kappa shape index (κ3) is 35.0. The Labute approximate surface area is 331 Å². The Bertz CT molecular complexity index is 944. The lowest BCUT2D eigenvalue weighted by Crippen LogP contribution is -2.53. The summed E-state index contributed by atoms with van der Waals surface area (Å²) in [6.07, 6.45) is 6.55. The van der Waals surface area contributed by atoms with E-state index in [0.29, 0.717) is 116 Å². The second kappa shape index (κ2) is 37.1. The van der Waals surface area contributed by atoms with Crippen LogP contribution in [0.3, 0.4) is 0 Å². The van der Waals surface area contributed by atoms with Crippen LogP contribution in [0.5, 0.6) is 0 Å². The Hall–Kier alpha value is -3.46. The van der Waals surface area contributed by atoms with Gasteiger partial charge in [0.2, 0.25) is 35.4 Å². The minimum atomic E-state index is -1.15. The molecule has 0 heterocycles. The van der Waals surface area contributed by atoms with Crippen molar-refractivity contribution in [2.24, 2.45) is 5.73 Å². The number of hydrogen-bond donors (Lipinski definition) is 10. The molecule has 0 bridgehead atoms. The zero-order valence-electron chi connectivity index (χ0n) is 33.3. The van der Waals surface area contributed by atoms with Crippen LogP contribution in [0.1, 0.15) is 96.3 Å². The van der Waals surface area contributed by atoms with Gasteiger partial charge in [-0.05, 0) is 57.8 Å². The topological polar surface area (TPSA) is 289 Å². The number of aliphatic hydroxyl groups excluding tert-OH is 3. The summed E-state index contributed by atoms with van der Waals surface area (Å²) >= 11 is 0. The van der Waals surface area contributed by atoms with Crippen LogP contribution in [0.15, 0.2) is 0 Å². The fourth-order valence-electron chi connectivity index (χ4n) is 4.80. The molecule has 0 aliphatic rings. The van der Waals surface area contributed by atoms with Crippen molar-refractivity contribution >= 4 is 35.4 Å². The Balaban J connectivity index is 4.56. The van der Waals surface area contributed by atoms with Crippen LogP contribution in [0, 0.1) is 0 Å². The highest BCUT2D eigenvalue weighted by molar-refractivity contribution is 5.77. The molecule has 19 heteroatoms. The van der Waals surface area contributed by atoms with E-state index in [9.17, 15) is 28.8 Å². The summed E-state index contributed by atoms with van der Waals surface area (Å²) in [6, 6.07) is 0. The zero-order chi connectivity index (χ0) is 41.5. The summed E-state index contributed by atoms with van der Waals surface area (Å²) < 4.78 is 17.1. The van der Waals surface area contributed by atoms with Gasteiger partial charge in [-0.15, -0.1) is 0 Å². The van der Waals surface area contributed by atoms with Crippen molar-refractivity contribution in [2.45, 2.75) is 102 Å².